The molecule has 0 fully saturated rings. The molecule has 0 unspecified atom stereocenters. The number of ether oxygens (including phenoxy) is 2. The van der Waals surface area contributed by atoms with E-state index in [4.69, 9.17) is 9.47 Å². The van der Waals surface area contributed by atoms with Gasteiger partial charge in [-0.2, -0.15) is 13.2 Å². The Hall–Kier alpha value is -4.07. The van der Waals surface area contributed by atoms with E-state index in [1.54, 1.807) is 6.07 Å². The van der Waals surface area contributed by atoms with Crippen LogP contribution in [0.15, 0.2) is 66.7 Å². The predicted octanol–water partition coefficient (Wildman–Crippen LogP) is 6.07. The molecule has 1 N–H and O–H groups in total. The van der Waals surface area contributed by atoms with Gasteiger partial charge in [0, 0.05) is 17.5 Å². The lowest BCUT2D eigenvalue weighted by atomic mass is 10.0. The Bertz CT molecular complexity index is 1350. The SMILES string of the molecule is O=Cc1cc(NCc2ccc(C(F)(F)F)cc2)nc2ccc(-c3ccc4c(c3)OCO4)cc12. The van der Waals surface area contributed by atoms with Crippen molar-refractivity contribution in [1.29, 1.82) is 0 Å². The van der Waals surface area contributed by atoms with Gasteiger partial charge in [0.1, 0.15) is 5.82 Å². The smallest absolute Gasteiger partial charge is 0.416 e. The fourth-order valence-corrected chi connectivity index (χ4v) is 3.70. The van der Waals surface area contributed by atoms with Crippen molar-refractivity contribution in [1.82, 2.24) is 4.98 Å². The van der Waals surface area contributed by atoms with Gasteiger partial charge in [0.05, 0.1) is 11.1 Å². The molecule has 166 valence electrons. The van der Waals surface area contributed by atoms with Crippen molar-refractivity contribution in [2.24, 2.45) is 0 Å². The number of carbonyl (C=O) groups excluding carboxylic acids is 1. The number of aldehydes is 1. The Morgan fingerprint density at radius 3 is 2.39 bits per heavy atom. The van der Waals surface area contributed by atoms with E-state index in [0.29, 0.717) is 39.3 Å². The van der Waals surface area contributed by atoms with Crippen LogP contribution in [0.2, 0.25) is 0 Å². The molecule has 4 aromatic rings. The number of hydrogen-bond donors (Lipinski definition) is 1. The van der Waals surface area contributed by atoms with Crippen LogP contribution >= 0.6 is 0 Å². The average Bonchev–Trinajstić information content (AvgIpc) is 3.29. The van der Waals surface area contributed by atoms with E-state index in [1.807, 2.05) is 36.4 Å². The van der Waals surface area contributed by atoms with E-state index in [9.17, 15) is 18.0 Å². The first-order valence-corrected chi connectivity index (χ1v) is 10.1. The topological polar surface area (TPSA) is 60.5 Å². The maximum Gasteiger partial charge on any atom is 0.416 e. The summed E-state index contributed by atoms with van der Waals surface area (Å²) in [6.07, 6.45) is -3.61. The maximum absolute atomic E-state index is 12.7. The zero-order valence-electron chi connectivity index (χ0n) is 17.1. The van der Waals surface area contributed by atoms with E-state index in [1.165, 1.54) is 12.1 Å². The van der Waals surface area contributed by atoms with Crippen LogP contribution < -0.4 is 14.8 Å². The number of benzene rings is 3. The fourth-order valence-electron chi connectivity index (χ4n) is 3.70. The lowest BCUT2D eigenvalue weighted by molar-refractivity contribution is -0.137. The average molecular weight is 450 g/mol. The molecule has 0 spiro atoms. The van der Waals surface area contributed by atoms with Crippen LogP contribution in [0, 0.1) is 0 Å². The van der Waals surface area contributed by atoms with Gasteiger partial charge in [0.2, 0.25) is 6.79 Å². The highest BCUT2D eigenvalue weighted by Gasteiger charge is 2.29. The van der Waals surface area contributed by atoms with Crippen LogP contribution in [-0.4, -0.2) is 18.1 Å². The Morgan fingerprint density at radius 2 is 1.64 bits per heavy atom. The molecule has 0 saturated carbocycles. The van der Waals surface area contributed by atoms with E-state index in [0.717, 1.165) is 29.5 Å². The molecule has 1 aliphatic heterocycles. The first kappa shape index (κ1) is 20.8. The van der Waals surface area contributed by atoms with E-state index >= 15 is 0 Å². The lowest BCUT2D eigenvalue weighted by Crippen LogP contribution is -2.06. The largest absolute Gasteiger partial charge is 0.454 e. The summed E-state index contributed by atoms with van der Waals surface area (Å²) in [6, 6.07) is 17.8. The molecule has 0 saturated heterocycles. The molecule has 2 heterocycles. The number of fused-ring (bicyclic) bond motifs is 2. The third-order valence-corrected chi connectivity index (χ3v) is 5.43. The maximum atomic E-state index is 12.7. The van der Waals surface area contributed by atoms with Gasteiger partial charge in [-0.3, -0.25) is 4.79 Å². The molecule has 33 heavy (non-hydrogen) atoms. The van der Waals surface area contributed by atoms with Crippen LogP contribution in [0.3, 0.4) is 0 Å². The van der Waals surface area contributed by atoms with Gasteiger partial charge in [0.25, 0.3) is 0 Å². The van der Waals surface area contributed by atoms with Gasteiger partial charge in [-0.25, -0.2) is 4.98 Å². The number of nitrogens with one attached hydrogen (secondary N) is 1. The highest BCUT2D eigenvalue weighted by molar-refractivity contribution is 5.99. The summed E-state index contributed by atoms with van der Waals surface area (Å²) >= 11 is 0. The fraction of sp³-hybridized carbons (Fsp3) is 0.120. The van der Waals surface area contributed by atoms with E-state index in [2.05, 4.69) is 10.3 Å². The van der Waals surface area contributed by atoms with Gasteiger partial charge >= 0.3 is 6.18 Å². The Balaban J connectivity index is 1.40. The summed E-state index contributed by atoms with van der Waals surface area (Å²) in [7, 11) is 0. The minimum Gasteiger partial charge on any atom is -0.454 e. The van der Waals surface area contributed by atoms with Gasteiger partial charge in [-0.15, -0.1) is 0 Å². The van der Waals surface area contributed by atoms with Gasteiger partial charge in [-0.05, 0) is 59.2 Å². The molecule has 0 radical (unpaired) electrons. The van der Waals surface area contributed by atoms with E-state index in [-0.39, 0.29) is 13.3 Å². The first-order valence-electron chi connectivity index (χ1n) is 10.1. The van der Waals surface area contributed by atoms with Crippen molar-refractivity contribution in [3.63, 3.8) is 0 Å². The number of anilines is 1. The Kier molecular flexibility index (Phi) is 5.12. The number of aromatic nitrogens is 1. The zero-order chi connectivity index (χ0) is 23.0. The molecular formula is C25H17F3N2O3. The van der Waals surface area contributed by atoms with Crippen LogP contribution in [0.4, 0.5) is 19.0 Å². The summed E-state index contributed by atoms with van der Waals surface area (Å²) in [5.74, 6) is 1.82. The predicted molar refractivity (Wildman–Crippen MR) is 117 cm³/mol. The molecule has 3 aromatic carbocycles. The summed E-state index contributed by atoms with van der Waals surface area (Å²) in [6.45, 7) is 0.461. The molecular weight excluding hydrogens is 433 g/mol. The minimum atomic E-state index is -4.37. The number of carbonyl (C=O) groups is 1. The molecule has 8 heteroatoms. The Labute approximate surface area is 186 Å². The molecule has 0 atom stereocenters. The molecule has 5 rings (SSSR count). The quantitative estimate of drug-likeness (QED) is 0.374. The highest BCUT2D eigenvalue weighted by Crippen LogP contribution is 2.37. The van der Waals surface area contributed by atoms with Crippen molar-refractivity contribution in [2.75, 3.05) is 12.1 Å². The van der Waals surface area contributed by atoms with Crippen LogP contribution in [0.1, 0.15) is 21.5 Å². The first-order chi connectivity index (χ1) is 15.9. The van der Waals surface area contributed by atoms with Crippen molar-refractivity contribution < 1.29 is 27.4 Å². The number of halogens is 3. The molecule has 0 amide bonds. The number of nitrogens with zero attached hydrogens (tertiary/aromatic N) is 1. The zero-order valence-corrected chi connectivity index (χ0v) is 17.1. The summed E-state index contributed by atoms with van der Waals surface area (Å²) in [4.78, 5) is 16.3. The monoisotopic (exact) mass is 450 g/mol. The minimum absolute atomic E-state index is 0.192. The molecule has 5 nitrogen and oxygen atoms in total. The molecule has 1 aliphatic rings. The number of alkyl halides is 3. The standard InChI is InChI=1S/C25H17F3N2O3/c26-25(27,28)19-5-1-15(2-6-19)12-29-24-11-18(13-31)20-9-16(3-7-21(20)30-24)17-4-8-22-23(10-17)33-14-32-22/h1-11,13H,12,14H2,(H,29,30). The van der Waals surface area contributed by atoms with Crippen LogP contribution in [0.25, 0.3) is 22.0 Å². The summed E-state index contributed by atoms with van der Waals surface area (Å²) in [5.41, 5.74) is 2.86. The number of rotatable bonds is 5. The van der Waals surface area contributed by atoms with Crippen molar-refractivity contribution in [3.8, 4) is 22.6 Å². The van der Waals surface area contributed by atoms with Crippen molar-refractivity contribution in [3.05, 3.63) is 83.4 Å². The number of pyridine rings is 1. The molecule has 0 aliphatic carbocycles. The molecule has 1 aromatic heterocycles. The van der Waals surface area contributed by atoms with Gasteiger partial charge in [0.15, 0.2) is 17.8 Å². The molecule has 0 bridgehead atoms. The van der Waals surface area contributed by atoms with Gasteiger partial charge < -0.3 is 14.8 Å². The van der Waals surface area contributed by atoms with Crippen molar-refractivity contribution in [2.45, 2.75) is 12.7 Å². The second kappa shape index (κ2) is 8.12. The van der Waals surface area contributed by atoms with E-state index < -0.39 is 11.7 Å². The third-order valence-electron chi connectivity index (χ3n) is 5.43. The lowest BCUT2D eigenvalue weighted by Gasteiger charge is -2.11. The third kappa shape index (κ3) is 4.19. The second-order valence-corrected chi connectivity index (χ2v) is 7.56. The van der Waals surface area contributed by atoms with Crippen molar-refractivity contribution >= 4 is 23.0 Å². The number of hydrogen-bond acceptors (Lipinski definition) is 5. The van der Waals surface area contributed by atoms with Gasteiger partial charge in [-0.1, -0.05) is 24.3 Å². The normalized spacial score (nSPS) is 12.7. The Morgan fingerprint density at radius 1 is 0.909 bits per heavy atom. The summed E-state index contributed by atoms with van der Waals surface area (Å²) in [5, 5.41) is 3.77. The van der Waals surface area contributed by atoms with Crippen LogP contribution in [0.5, 0.6) is 11.5 Å². The summed E-state index contributed by atoms with van der Waals surface area (Å²) < 4.78 is 49.0. The van der Waals surface area contributed by atoms with Crippen LogP contribution in [-0.2, 0) is 12.7 Å². The second-order valence-electron chi connectivity index (χ2n) is 7.56. The highest BCUT2D eigenvalue weighted by atomic mass is 19.4.